The van der Waals surface area contributed by atoms with Crippen LogP contribution < -0.4 is 14.8 Å². The van der Waals surface area contributed by atoms with Crippen molar-refractivity contribution >= 4 is 22.0 Å². The molecule has 0 atom stereocenters. The fraction of sp³-hybridized carbons (Fsp3) is 0.500. The maximum absolute atomic E-state index is 11.7. The van der Waals surface area contributed by atoms with Crippen molar-refractivity contribution in [1.29, 1.82) is 0 Å². The van der Waals surface area contributed by atoms with Gasteiger partial charge in [-0.25, -0.2) is 4.79 Å². The first-order valence-corrected chi connectivity index (χ1v) is 6.93. The van der Waals surface area contributed by atoms with Gasteiger partial charge in [0, 0.05) is 4.47 Å². The van der Waals surface area contributed by atoms with Gasteiger partial charge >= 0.3 is 6.09 Å². The maximum atomic E-state index is 11.7. The second-order valence-corrected chi connectivity index (χ2v) is 6.06. The molecule has 112 valence electrons. The lowest BCUT2D eigenvalue weighted by Crippen LogP contribution is -2.32. The summed E-state index contributed by atoms with van der Waals surface area (Å²) in [5.41, 5.74) is 0.224. The van der Waals surface area contributed by atoms with Crippen molar-refractivity contribution in [3.63, 3.8) is 0 Å². The number of carbonyl (C=O) groups excluding carboxylic acids is 1. The summed E-state index contributed by atoms with van der Waals surface area (Å²) in [7, 11) is 3.14. The highest BCUT2D eigenvalue weighted by Crippen LogP contribution is 2.32. The first-order valence-electron chi connectivity index (χ1n) is 6.14. The molecule has 0 heterocycles. The van der Waals surface area contributed by atoms with Gasteiger partial charge in [0.1, 0.15) is 17.1 Å². The Kier molecular flexibility index (Phi) is 5.68. The Hall–Kier alpha value is -1.43. The first-order chi connectivity index (χ1) is 9.26. The predicted octanol–water partition coefficient (Wildman–Crippen LogP) is 3.49. The van der Waals surface area contributed by atoms with E-state index >= 15 is 0 Å². The summed E-state index contributed by atoms with van der Waals surface area (Å²) in [6.07, 6.45) is -0.482. The fourth-order valence-corrected chi connectivity index (χ4v) is 2.02. The maximum Gasteiger partial charge on any atom is 0.407 e. The first kappa shape index (κ1) is 16.6. The monoisotopic (exact) mass is 345 g/mol. The lowest BCUT2D eigenvalue weighted by Gasteiger charge is -2.20. The fourth-order valence-electron chi connectivity index (χ4n) is 1.60. The molecule has 0 unspecified atom stereocenters. The van der Waals surface area contributed by atoms with Crippen molar-refractivity contribution in [2.75, 3.05) is 14.2 Å². The second-order valence-electron chi connectivity index (χ2n) is 5.14. The third-order valence-corrected chi connectivity index (χ3v) is 2.84. The number of benzene rings is 1. The molecule has 0 spiro atoms. The molecule has 0 aliphatic heterocycles. The summed E-state index contributed by atoms with van der Waals surface area (Å²) in [4.78, 5) is 11.7. The molecule has 1 amide bonds. The van der Waals surface area contributed by atoms with E-state index in [1.807, 2.05) is 32.9 Å². The van der Waals surface area contributed by atoms with E-state index in [2.05, 4.69) is 21.2 Å². The molecule has 0 aliphatic carbocycles. The van der Waals surface area contributed by atoms with Crippen LogP contribution in [-0.4, -0.2) is 25.9 Å². The molecule has 5 nitrogen and oxygen atoms in total. The van der Waals surface area contributed by atoms with E-state index in [0.717, 1.165) is 10.0 Å². The Morgan fingerprint density at radius 3 is 2.10 bits per heavy atom. The summed E-state index contributed by atoms with van der Waals surface area (Å²) < 4.78 is 16.6. The van der Waals surface area contributed by atoms with Gasteiger partial charge < -0.3 is 19.5 Å². The van der Waals surface area contributed by atoms with Gasteiger partial charge in [0.15, 0.2) is 0 Å². The van der Waals surface area contributed by atoms with Gasteiger partial charge in [-0.2, -0.15) is 0 Å². The Balaban J connectivity index is 2.84. The van der Waals surface area contributed by atoms with Gasteiger partial charge in [0.25, 0.3) is 0 Å². The van der Waals surface area contributed by atoms with Crippen LogP contribution in [0.3, 0.4) is 0 Å². The van der Waals surface area contributed by atoms with E-state index < -0.39 is 11.7 Å². The summed E-state index contributed by atoms with van der Waals surface area (Å²) in [6.45, 7) is 5.70. The minimum atomic E-state index is -0.530. The van der Waals surface area contributed by atoms with Crippen LogP contribution in [0.15, 0.2) is 16.6 Å². The topological polar surface area (TPSA) is 56.8 Å². The Labute approximate surface area is 127 Å². The average Bonchev–Trinajstić information content (AvgIpc) is 2.33. The van der Waals surface area contributed by atoms with Crippen LogP contribution in [0.5, 0.6) is 11.5 Å². The van der Waals surface area contributed by atoms with Crippen molar-refractivity contribution in [1.82, 2.24) is 5.32 Å². The minimum absolute atomic E-state index is 0.258. The summed E-state index contributed by atoms with van der Waals surface area (Å²) in [5.74, 6) is 1.26. The zero-order valence-corrected chi connectivity index (χ0v) is 14.0. The van der Waals surface area contributed by atoms with E-state index in [9.17, 15) is 4.79 Å². The van der Waals surface area contributed by atoms with Crippen LogP contribution >= 0.6 is 15.9 Å². The molecule has 6 heteroatoms. The van der Waals surface area contributed by atoms with E-state index in [1.165, 1.54) is 0 Å². The highest BCUT2D eigenvalue weighted by Gasteiger charge is 2.18. The molecule has 1 aromatic carbocycles. The highest BCUT2D eigenvalue weighted by atomic mass is 79.9. The molecule has 1 aromatic rings. The number of alkyl carbamates (subject to hydrolysis) is 1. The number of hydrogen-bond donors (Lipinski definition) is 1. The molecule has 0 bridgehead atoms. The molecule has 0 aromatic heterocycles. The molecule has 1 N–H and O–H groups in total. The molecular formula is C14H20BrNO4. The number of methoxy groups -OCH3 is 2. The number of ether oxygens (including phenoxy) is 3. The van der Waals surface area contributed by atoms with Gasteiger partial charge in [-0.3, -0.25) is 0 Å². The molecule has 0 radical (unpaired) electrons. The standard InChI is InChI=1S/C14H20BrNO4/c1-14(2,3)20-13(17)16-8-10-11(18-4)6-9(15)7-12(10)19-5/h6-7H,8H2,1-5H3,(H,16,17). The van der Waals surface area contributed by atoms with E-state index in [0.29, 0.717) is 11.5 Å². The normalized spacial score (nSPS) is 10.9. The van der Waals surface area contributed by atoms with E-state index in [4.69, 9.17) is 14.2 Å². The summed E-state index contributed by atoms with van der Waals surface area (Å²) >= 11 is 3.38. The van der Waals surface area contributed by atoms with E-state index in [-0.39, 0.29) is 6.54 Å². The molecule has 1 rings (SSSR count). The number of carbonyl (C=O) groups is 1. The Morgan fingerprint density at radius 1 is 1.20 bits per heavy atom. The van der Waals surface area contributed by atoms with Crippen molar-refractivity contribution < 1.29 is 19.0 Å². The predicted molar refractivity (Wildman–Crippen MR) is 80.3 cm³/mol. The van der Waals surface area contributed by atoms with Crippen molar-refractivity contribution in [3.8, 4) is 11.5 Å². The third-order valence-electron chi connectivity index (χ3n) is 2.38. The average molecular weight is 346 g/mol. The summed E-state index contributed by atoms with van der Waals surface area (Å²) in [5, 5.41) is 2.69. The van der Waals surface area contributed by atoms with Gasteiger partial charge in [-0.05, 0) is 32.9 Å². The Morgan fingerprint density at radius 2 is 1.70 bits per heavy atom. The van der Waals surface area contributed by atoms with Crippen LogP contribution in [0.25, 0.3) is 0 Å². The molecule has 0 saturated heterocycles. The smallest absolute Gasteiger partial charge is 0.407 e. The second kappa shape index (κ2) is 6.83. The van der Waals surface area contributed by atoms with Gasteiger partial charge in [0.2, 0.25) is 0 Å². The van der Waals surface area contributed by atoms with Crippen LogP contribution in [-0.2, 0) is 11.3 Å². The van der Waals surface area contributed by atoms with Gasteiger partial charge in [0.05, 0.1) is 26.3 Å². The van der Waals surface area contributed by atoms with Crippen LogP contribution in [0.2, 0.25) is 0 Å². The third kappa shape index (κ3) is 4.92. The van der Waals surface area contributed by atoms with Crippen molar-refractivity contribution in [3.05, 3.63) is 22.2 Å². The van der Waals surface area contributed by atoms with Crippen LogP contribution in [0, 0.1) is 0 Å². The van der Waals surface area contributed by atoms with Gasteiger partial charge in [-0.1, -0.05) is 15.9 Å². The lowest BCUT2D eigenvalue weighted by atomic mass is 10.1. The summed E-state index contributed by atoms with van der Waals surface area (Å²) in [6, 6.07) is 3.63. The lowest BCUT2D eigenvalue weighted by molar-refractivity contribution is 0.0523. The van der Waals surface area contributed by atoms with Crippen LogP contribution in [0.4, 0.5) is 4.79 Å². The zero-order valence-electron chi connectivity index (χ0n) is 12.4. The molecule has 0 aliphatic rings. The molecule has 0 saturated carbocycles. The largest absolute Gasteiger partial charge is 0.496 e. The highest BCUT2D eigenvalue weighted by molar-refractivity contribution is 9.10. The number of halogens is 1. The number of nitrogens with one attached hydrogen (secondary N) is 1. The minimum Gasteiger partial charge on any atom is -0.496 e. The molecular weight excluding hydrogens is 326 g/mol. The Bertz CT molecular complexity index is 458. The molecule has 20 heavy (non-hydrogen) atoms. The number of rotatable bonds is 4. The SMILES string of the molecule is COc1cc(Br)cc(OC)c1CNC(=O)OC(C)(C)C. The molecule has 0 fully saturated rings. The van der Waals surface area contributed by atoms with Gasteiger partial charge in [-0.15, -0.1) is 0 Å². The van der Waals surface area contributed by atoms with Crippen molar-refractivity contribution in [2.24, 2.45) is 0 Å². The quantitative estimate of drug-likeness (QED) is 0.907. The number of amides is 1. The van der Waals surface area contributed by atoms with Crippen LogP contribution in [0.1, 0.15) is 26.3 Å². The van der Waals surface area contributed by atoms with Crippen molar-refractivity contribution in [2.45, 2.75) is 32.9 Å². The van der Waals surface area contributed by atoms with E-state index in [1.54, 1.807) is 14.2 Å². The zero-order chi connectivity index (χ0) is 15.3. The number of hydrogen-bond acceptors (Lipinski definition) is 4.